The van der Waals surface area contributed by atoms with E-state index in [-0.39, 0.29) is 5.91 Å². The zero-order chi connectivity index (χ0) is 13.9. The fraction of sp³-hybridized carbons (Fsp3) is 0.375. The van der Waals surface area contributed by atoms with Crippen molar-refractivity contribution in [1.29, 1.82) is 0 Å². The average Bonchev–Trinajstić information content (AvgIpc) is 3.01. The molecular formula is C16H18N2OS. The van der Waals surface area contributed by atoms with Crippen molar-refractivity contribution < 1.29 is 4.79 Å². The van der Waals surface area contributed by atoms with Gasteiger partial charge in [0.2, 0.25) is 0 Å². The molecule has 3 nitrogen and oxygen atoms in total. The Morgan fingerprint density at radius 3 is 2.80 bits per heavy atom. The highest BCUT2D eigenvalue weighted by atomic mass is 32.1. The molecule has 20 heavy (non-hydrogen) atoms. The summed E-state index contributed by atoms with van der Waals surface area (Å²) in [7, 11) is 0. The van der Waals surface area contributed by atoms with E-state index in [4.69, 9.17) is 0 Å². The third-order valence-corrected chi connectivity index (χ3v) is 4.58. The molecule has 4 heteroatoms. The van der Waals surface area contributed by atoms with E-state index < -0.39 is 0 Å². The molecule has 104 valence electrons. The van der Waals surface area contributed by atoms with Crippen molar-refractivity contribution in [3.05, 3.63) is 41.4 Å². The molecule has 0 radical (unpaired) electrons. The third kappa shape index (κ3) is 2.75. The van der Waals surface area contributed by atoms with Gasteiger partial charge in [0.05, 0.1) is 0 Å². The molecule has 1 aliphatic heterocycles. The minimum Gasteiger partial charge on any atom is -0.338 e. The molecule has 3 rings (SSSR count). The molecule has 1 unspecified atom stereocenters. The van der Waals surface area contributed by atoms with E-state index in [2.05, 4.69) is 11.9 Å². The molecule has 0 spiro atoms. The summed E-state index contributed by atoms with van der Waals surface area (Å²) in [6.45, 7) is 3.98. The fourth-order valence-electron chi connectivity index (χ4n) is 2.68. The van der Waals surface area contributed by atoms with Crippen LogP contribution in [-0.4, -0.2) is 28.9 Å². The van der Waals surface area contributed by atoms with Crippen LogP contribution in [-0.2, 0) is 0 Å². The monoisotopic (exact) mass is 286 g/mol. The van der Waals surface area contributed by atoms with E-state index in [0.717, 1.165) is 35.6 Å². The Morgan fingerprint density at radius 2 is 2.15 bits per heavy atom. The van der Waals surface area contributed by atoms with Crippen molar-refractivity contribution in [3.63, 3.8) is 0 Å². The van der Waals surface area contributed by atoms with E-state index in [0.29, 0.717) is 5.92 Å². The van der Waals surface area contributed by atoms with Crippen molar-refractivity contribution in [2.45, 2.75) is 19.8 Å². The minimum atomic E-state index is 0.155. The number of piperidine rings is 1. The minimum absolute atomic E-state index is 0.155. The van der Waals surface area contributed by atoms with Gasteiger partial charge in [-0.25, -0.2) is 4.98 Å². The van der Waals surface area contributed by atoms with Crippen LogP contribution in [0.1, 0.15) is 30.1 Å². The van der Waals surface area contributed by atoms with E-state index >= 15 is 0 Å². The van der Waals surface area contributed by atoms with Crippen LogP contribution >= 0.6 is 11.3 Å². The molecule has 1 fully saturated rings. The molecule has 2 aromatic rings. The first kappa shape index (κ1) is 13.3. The summed E-state index contributed by atoms with van der Waals surface area (Å²) in [5.41, 5.74) is 1.85. The number of hydrogen-bond donors (Lipinski definition) is 0. The Morgan fingerprint density at radius 1 is 1.35 bits per heavy atom. The summed E-state index contributed by atoms with van der Waals surface area (Å²) in [5, 5.41) is 2.96. The predicted octanol–water partition coefficient (Wildman–Crippen LogP) is 3.68. The van der Waals surface area contributed by atoms with E-state index in [1.54, 1.807) is 17.5 Å². The number of amides is 1. The van der Waals surface area contributed by atoms with E-state index in [9.17, 15) is 4.79 Å². The quantitative estimate of drug-likeness (QED) is 0.843. The first-order chi connectivity index (χ1) is 9.74. The standard InChI is InChI=1S/C16H18N2OS/c1-12-3-2-9-18(11-12)16(19)14-6-4-13(5-7-14)15-17-8-10-20-15/h4-8,10,12H,2-3,9,11H2,1H3. The average molecular weight is 286 g/mol. The zero-order valence-corrected chi connectivity index (χ0v) is 12.4. The highest BCUT2D eigenvalue weighted by Gasteiger charge is 2.21. The molecule has 1 aromatic heterocycles. The van der Waals surface area contributed by atoms with Crippen LogP contribution in [0.5, 0.6) is 0 Å². The summed E-state index contributed by atoms with van der Waals surface area (Å²) >= 11 is 1.61. The number of carbonyl (C=O) groups excluding carboxylic acids is 1. The highest BCUT2D eigenvalue weighted by Crippen LogP contribution is 2.23. The lowest BCUT2D eigenvalue weighted by Crippen LogP contribution is -2.39. The van der Waals surface area contributed by atoms with Gasteiger partial charge >= 0.3 is 0 Å². The maximum absolute atomic E-state index is 12.5. The van der Waals surface area contributed by atoms with Crippen LogP contribution in [0.2, 0.25) is 0 Å². The largest absolute Gasteiger partial charge is 0.338 e. The van der Waals surface area contributed by atoms with Crippen LogP contribution in [0.25, 0.3) is 10.6 Å². The molecule has 0 aliphatic carbocycles. The van der Waals surface area contributed by atoms with Crippen LogP contribution in [0.4, 0.5) is 0 Å². The Balaban J connectivity index is 1.75. The summed E-state index contributed by atoms with van der Waals surface area (Å²) in [6, 6.07) is 7.80. The lowest BCUT2D eigenvalue weighted by Gasteiger charge is -2.31. The molecule has 0 saturated carbocycles. The second-order valence-electron chi connectivity index (χ2n) is 5.41. The lowest BCUT2D eigenvalue weighted by atomic mass is 9.99. The smallest absolute Gasteiger partial charge is 0.253 e. The molecular weight excluding hydrogens is 268 g/mol. The maximum atomic E-state index is 12.5. The summed E-state index contributed by atoms with van der Waals surface area (Å²) in [5.74, 6) is 0.768. The second kappa shape index (κ2) is 5.75. The topological polar surface area (TPSA) is 33.2 Å². The van der Waals surface area contributed by atoms with Gasteiger partial charge in [-0.1, -0.05) is 19.1 Å². The van der Waals surface area contributed by atoms with E-state index in [1.807, 2.05) is 34.5 Å². The normalized spacial score (nSPS) is 19.1. The number of likely N-dealkylation sites (tertiary alicyclic amines) is 1. The molecule has 1 amide bonds. The van der Waals surface area contributed by atoms with Crippen LogP contribution in [0, 0.1) is 5.92 Å². The first-order valence-corrected chi connectivity index (χ1v) is 7.91. The van der Waals surface area contributed by atoms with Gasteiger partial charge in [0.25, 0.3) is 5.91 Å². The first-order valence-electron chi connectivity index (χ1n) is 7.03. The Bertz CT molecular complexity index is 577. The van der Waals surface area contributed by atoms with Gasteiger partial charge in [-0.3, -0.25) is 4.79 Å². The molecule has 1 saturated heterocycles. The predicted molar refractivity (Wildman–Crippen MR) is 81.9 cm³/mol. The van der Waals surface area contributed by atoms with Crippen LogP contribution in [0.3, 0.4) is 0 Å². The Labute approximate surface area is 123 Å². The number of aromatic nitrogens is 1. The molecule has 0 bridgehead atoms. The van der Waals surface area contributed by atoms with Gasteiger partial charge in [-0.15, -0.1) is 11.3 Å². The van der Waals surface area contributed by atoms with Crippen LogP contribution < -0.4 is 0 Å². The SMILES string of the molecule is CC1CCCN(C(=O)c2ccc(-c3nccs3)cc2)C1. The number of benzene rings is 1. The fourth-order valence-corrected chi connectivity index (χ4v) is 3.32. The lowest BCUT2D eigenvalue weighted by molar-refractivity contribution is 0.0683. The highest BCUT2D eigenvalue weighted by molar-refractivity contribution is 7.13. The van der Waals surface area contributed by atoms with Crippen molar-refractivity contribution in [1.82, 2.24) is 9.88 Å². The van der Waals surface area contributed by atoms with Gasteiger partial charge in [0, 0.05) is 35.8 Å². The van der Waals surface area contributed by atoms with Gasteiger partial charge in [0.15, 0.2) is 0 Å². The Hall–Kier alpha value is -1.68. The van der Waals surface area contributed by atoms with Crippen molar-refractivity contribution in [2.75, 3.05) is 13.1 Å². The molecule has 1 aliphatic rings. The van der Waals surface area contributed by atoms with Crippen molar-refractivity contribution in [2.24, 2.45) is 5.92 Å². The van der Waals surface area contributed by atoms with Crippen LogP contribution in [0.15, 0.2) is 35.8 Å². The maximum Gasteiger partial charge on any atom is 0.253 e. The van der Waals surface area contributed by atoms with Crippen molar-refractivity contribution in [3.8, 4) is 10.6 Å². The molecule has 0 N–H and O–H groups in total. The van der Waals surface area contributed by atoms with Gasteiger partial charge in [-0.05, 0) is 30.9 Å². The Kier molecular flexibility index (Phi) is 3.83. The number of hydrogen-bond acceptors (Lipinski definition) is 3. The van der Waals surface area contributed by atoms with Crippen molar-refractivity contribution >= 4 is 17.2 Å². The molecule has 2 heterocycles. The number of nitrogens with zero attached hydrogens (tertiary/aromatic N) is 2. The second-order valence-corrected chi connectivity index (χ2v) is 6.31. The van der Waals surface area contributed by atoms with E-state index in [1.165, 1.54) is 6.42 Å². The molecule has 1 atom stereocenters. The summed E-state index contributed by atoms with van der Waals surface area (Å²) < 4.78 is 0. The third-order valence-electron chi connectivity index (χ3n) is 3.76. The molecule has 1 aromatic carbocycles. The summed E-state index contributed by atoms with van der Waals surface area (Å²) in [4.78, 5) is 18.7. The van der Waals surface area contributed by atoms with Gasteiger partial charge in [0.1, 0.15) is 5.01 Å². The van der Waals surface area contributed by atoms with Gasteiger partial charge in [-0.2, -0.15) is 0 Å². The number of carbonyl (C=O) groups is 1. The van der Waals surface area contributed by atoms with Gasteiger partial charge < -0.3 is 4.90 Å². The number of thiazole rings is 1. The summed E-state index contributed by atoms with van der Waals surface area (Å²) in [6.07, 6.45) is 4.14. The number of rotatable bonds is 2. The zero-order valence-electron chi connectivity index (χ0n) is 11.6.